The van der Waals surface area contributed by atoms with E-state index in [4.69, 9.17) is 0 Å². The summed E-state index contributed by atoms with van der Waals surface area (Å²) in [5, 5.41) is 8.90. The summed E-state index contributed by atoms with van der Waals surface area (Å²) in [6.45, 7) is 3.76. The van der Waals surface area contributed by atoms with E-state index in [0.29, 0.717) is 17.0 Å². The van der Waals surface area contributed by atoms with Gasteiger partial charge in [-0.1, -0.05) is 23.9 Å². The van der Waals surface area contributed by atoms with Crippen LogP contribution in [0, 0.1) is 6.92 Å². The van der Waals surface area contributed by atoms with Gasteiger partial charge in [-0.25, -0.2) is 9.97 Å². The van der Waals surface area contributed by atoms with Crippen molar-refractivity contribution in [1.29, 1.82) is 0 Å². The first-order valence-corrected chi connectivity index (χ1v) is 8.59. The van der Waals surface area contributed by atoms with Gasteiger partial charge in [0, 0.05) is 11.4 Å². The highest BCUT2D eigenvalue weighted by molar-refractivity contribution is 8.00. The largest absolute Gasteiger partial charge is 0.352 e. The lowest BCUT2D eigenvalue weighted by atomic mass is 10.2. The molecule has 3 aromatic rings. The molecule has 1 unspecified atom stereocenters. The maximum atomic E-state index is 12.2. The smallest absolute Gasteiger partial charge is 0.233 e. The topological polar surface area (TPSA) is 72.2 Å². The molecule has 1 saturated carbocycles. The molecule has 1 aliphatic carbocycles. The van der Waals surface area contributed by atoms with Gasteiger partial charge < -0.3 is 5.32 Å². The molecule has 0 bridgehead atoms. The average molecular weight is 327 g/mol. The van der Waals surface area contributed by atoms with Crippen LogP contribution in [0.5, 0.6) is 0 Å². The third kappa shape index (κ3) is 2.76. The molecular formula is C16H17N5OS. The molecule has 0 saturated heterocycles. The molecule has 0 spiro atoms. The molecule has 7 heteroatoms. The number of hydrogen-bond donors (Lipinski definition) is 1. The SMILES string of the molecule is Cc1nc2c3ccccc3nc(SC(C)C(=O)NC3CC3)n2n1. The fourth-order valence-electron chi connectivity index (χ4n) is 2.47. The molecule has 1 fully saturated rings. The van der Waals surface area contributed by atoms with Gasteiger partial charge in [0.2, 0.25) is 5.91 Å². The molecule has 0 aliphatic heterocycles. The Balaban J connectivity index is 1.73. The summed E-state index contributed by atoms with van der Waals surface area (Å²) in [5.41, 5.74) is 1.65. The fraction of sp³-hybridized carbons (Fsp3) is 0.375. The predicted molar refractivity (Wildman–Crippen MR) is 89.5 cm³/mol. The third-order valence-corrected chi connectivity index (χ3v) is 4.87. The Morgan fingerprint density at radius 1 is 1.35 bits per heavy atom. The quantitative estimate of drug-likeness (QED) is 0.588. The first-order valence-electron chi connectivity index (χ1n) is 7.71. The van der Waals surface area contributed by atoms with Gasteiger partial charge in [0.15, 0.2) is 10.8 Å². The second kappa shape index (κ2) is 5.49. The molecule has 23 heavy (non-hydrogen) atoms. The van der Waals surface area contributed by atoms with Crippen LogP contribution in [0.1, 0.15) is 25.6 Å². The average Bonchev–Trinajstić information content (AvgIpc) is 3.25. The monoisotopic (exact) mass is 327 g/mol. The number of amides is 1. The number of rotatable bonds is 4. The van der Waals surface area contributed by atoms with Crippen molar-refractivity contribution in [3.8, 4) is 0 Å². The lowest BCUT2D eigenvalue weighted by Gasteiger charge is -2.12. The molecular weight excluding hydrogens is 310 g/mol. The van der Waals surface area contributed by atoms with Gasteiger partial charge in [0.1, 0.15) is 5.82 Å². The first kappa shape index (κ1) is 14.4. The van der Waals surface area contributed by atoms with Crippen LogP contribution >= 0.6 is 11.8 Å². The number of carbonyl (C=O) groups excluding carboxylic acids is 1. The van der Waals surface area contributed by atoms with Crippen LogP contribution < -0.4 is 5.32 Å². The van der Waals surface area contributed by atoms with Crippen molar-refractivity contribution in [3.63, 3.8) is 0 Å². The second-order valence-corrected chi connectivity index (χ2v) is 7.16. The van der Waals surface area contributed by atoms with E-state index in [1.54, 1.807) is 4.52 Å². The first-order chi connectivity index (χ1) is 11.1. The van der Waals surface area contributed by atoms with Crippen molar-refractivity contribution in [3.05, 3.63) is 30.1 Å². The lowest BCUT2D eigenvalue weighted by Crippen LogP contribution is -2.32. The Kier molecular flexibility index (Phi) is 3.45. The molecule has 1 atom stereocenters. The molecule has 2 heterocycles. The van der Waals surface area contributed by atoms with Gasteiger partial charge in [-0.05, 0) is 38.8 Å². The fourth-order valence-corrected chi connectivity index (χ4v) is 3.34. The highest BCUT2D eigenvalue weighted by atomic mass is 32.2. The molecule has 118 valence electrons. The standard InChI is InChI=1S/C16H17N5OS/c1-9(15(22)18-11-7-8-11)23-16-19-13-6-4-3-5-12(13)14-17-10(2)20-21(14)16/h3-6,9,11H,7-8H2,1-2H3,(H,18,22). The Morgan fingerprint density at radius 3 is 2.91 bits per heavy atom. The molecule has 1 amide bonds. The summed E-state index contributed by atoms with van der Waals surface area (Å²) in [7, 11) is 0. The van der Waals surface area contributed by atoms with Crippen molar-refractivity contribution in [2.75, 3.05) is 0 Å². The van der Waals surface area contributed by atoms with Crippen LogP contribution in [-0.4, -0.2) is 36.8 Å². The molecule has 1 N–H and O–H groups in total. The minimum Gasteiger partial charge on any atom is -0.352 e. The Bertz CT molecular complexity index is 902. The Morgan fingerprint density at radius 2 is 2.13 bits per heavy atom. The van der Waals surface area contributed by atoms with E-state index < -0.39 is 0 Å². The van der Waals surface area contributed by atoms with Crippen LogP contribution in [0.15, 0.2) is 29.4 Å². The van der Waals surface area contributed by atoms with Crippen LogP contribution in [0.4, 0.5) is 0 Å². The Hall–Kier alpha value is -2.15. The van der Waals surface area contributed by atoms with Gasteiger partial charge >= 0.3 is 0 Å². The van der Waals surface area contributed by atoms with E-state index in [-0.39, 0.29) is 11.2 Å². The number of hydrogen-bond acceptors (Lipinski definition) is 5. The summed E-state index contributed by atoms with van der Waals surface area (Å²) < 4.78 is 1.74. The van der Waals surface area contributed by atoms with Crippen molar-refractivity contribution < 1.29 is 4.79 Å². The van der Waals surface area contributed by atoms with Gasteiger partial charge in [0.05, 0.1) is 10.8 Å². The van der Waals surface area contributed by atoms with E-state index in [1.165, 1.54) is 11.8 Å². The second-order valence-electron chi connectivity index (χ2n) is 5.85. The van der Waals surface area contributed by atoms with Gasteiger partial charge in [0.25, 0.3) is 0 Å². The number of benzene rings is 1. The molecule has 6 nitrogen and oxygen atoms in total. The number of nitrogens with zero attached hydrogens (tertiary/aromatic N) is 4. The van der Waals surface area contributed by atoms with Crippen molar-refractivity contribution >= 4 is 34.2 Å². The molecule has 2 aromatic heterocycles. The van der Waals surface area contributed by atoms with Crippen LogP contribution in [-0.2, 0) is 4.79 Å². The maximum Gasteiger partial charge on any atom is 0.233 e. The molecule has 1 aliphatic rings. The predicted octanol–water partition coefficient (Wildman–Crippen LogP) is 2.35. The number of nitrogens with one attached hydrogen (secondary N) is 1. The highest BCUT2D eigenvalue weighted by Crippen LogP contribution is 2.27. The van der Waals surface area contributed by atoms with Gasteiger partial charge in [-0.15, -0.1) is 5.10 Å². The molecule has 0 radical (unpaired) electrons. The van der Waals surface area contributed by atoms with Crippen molar-refractivity contribution in [2.24, 2.45) is 0 Å². The summed E-state index contributed by atoms with van der Waals surface area (Å²) >= 11 is 1.42. The summed E-state index contributed by atoms with van der Waals surface area (Å²) in [6.07, 6.45) is 2.17. The normalized spacial score (nSPS) is 15.9. The van der Waals surface area contributed by atoms with Gasteiger partial charge in [-0.3, -0.25) is 4.79 Å². The zero-order valence-corrected chi connectivity index (χ0v) is 13.8. The van der Waals surface area contributed by atoms with Gasteiger partial charge in [-0.2, -0.15) is 4.52 Å². The van der Waals surface area contributed by atoms with E-state index in [1.807, 2.05) is 38.1 Å². The maximum absolute atomic E-state index is 12.2. The highest BCUT2D eigenvalue weighted by Gasteiger charge is 2.27. The minimum atomic E-state index is -0.225. The summed E-state index contributed by atoms with van der Waals surface area (Å²) in [4.78, 5) is 21.4. The number of fused-ring (bicyclic) bond motifs is 3. The van der Waals surface area contributed by atoms with Crippen LogP contribution in [0.2, 0.25) is 0 Å². The van der Waals surface area contributed by atoms with E-state index in [2.05, 4.69) is 20.4 Å². The number of aryl methyl sites for hydroxylation is 1. The van der Waals surface area contributed by atoms with Crippen LogP contribution in [0.25, 0.3) is 16.6 Å². The molecule has 4 rings (SSSR count). The zero-order valence-electron chi connectivity index (χ0n) is 13.0. The molecule has 1 aromatic carbocycles. The summed E-state index contributed by atoms with van der Waals surface area (Å²) in [5.74, 6) is 0.748. The van der Waals surface area contributed by atoms with Crippen molar-refractivity contribution in [1.82, 2.24) is 24.9 Å². The van der Waals surface area contributed by atoms with E-state index >= 15 is 0 Å². The lowest BCUT2D eigenvalue weighted by molar-refractivity contribution is -0.120. The minimum absolute atomic E-state index is 0.0532. The number of aromatic nitrogens is 4. The van der Waals surface area contributed by atoms with E-state index in [9.17, 15) is 4.79 Å². The Labute approximate surface area is 137 Å². The number of para-hydroxylation sites is 1. The third-order valence-electron chi connectivity index (χ3n) is 3.83. The number of carbonyl (C=O) groups is 1. The number of thioether (sulfide) groups is 1. The van der Waals surface area contributed by atoms with E-state index in [0.717, 1.165) is 29.4 Å². The van der Waals surface area contributed by atoms with Crippen molar-refractivity contribution in [2.45, 2.75) is 43.1 Å². The zero-order chi connectivity index (χ0) is 16.0. The van der Waals surface area contributed by atoms with Crippen LogP contribution in [0.3, 0.4) is 0 Å². The summed E-state index contributed by atoms with van der Waals surface area (Å²) in [6, 6.07) is 8.23.